The highest BCUT2D eigenvalue weighted by Crippen LogP contribution is 2.25. The summed E-state index contributed by atoms with van der Waals surface area (Å²) in [6, 6.07) is 10.9. The Bertz CT molecular complexity index is 777. The zero-order chi connectivity index (χ0) is 14.8. The number of hydrogen-bond acceptors (Lipinski definition) is 5. The fourth-order valence-corrected chi connectivity index (χ4v) is 3.03. The van der Waals surface area contributed by atoms with Crippen molar-refractivity contribution < 1.29 is 4.42 Å². The molecule has 3 aromatic rings. The summed E-state index contributed by atoms with van der Waals surface area (Å²) in [6.45, 7) is 0. The third-order valence-electron chi connectivity index (χ3n) is 4.21. The van der Waals surface area contributed by atoms with E-state index in [1.54, 1.807) is 6.20 Å². The predicted molar refractivity (Wildman–Crippen MR) is 85.5 cm³/mol. The van der Waals surface area contributed by atoms with Gasteiger partial charge in [0.05, 0.1) is 5.52 Å². The molecule has 0 atom stereocenters. The van der Waals surface area contributed by atoms with Gasteiger partial charge in [0, 0.05) is 23.2 Å². The van der Waals surface area contributed by atoms with Gasteiger partial charge >= 0.3 is 6.01 Å². The molecule has 0 bridgehead atoms. The van der Waals surface area contributed by atoms with E-state index in [-0.39, 0.29) is 0 Å². The smallest absolute Gasteiger partial charge is 0.315 e. The molecule has 2 heterocycles. The molecule has 22 heavy (non-hydrogen) atoms. The second-order valence-corrected chi connectivity index (χ2v) is 5.80. The average Bonchev–Trinajstić information content (AvgIpc) is 3.04. The monoisotopic (exact) mass is 294 g/mol. The highest BCUT2D eigenvalue weighted by molar-refractivity contribution is 5.82. The second kappa shape index (κ2) is 5.75. The lowest BCUT2D eigenvalue weighted by Crippen LogP contribution is -2.22. The lowest BCUT2D eigenvalue weighted by molar-refractivity contribution is 0.449. The van der Waals surface area contributed by atoms with Crippen LogP contribution in [0.1, 0.15) is 32.1 Å². The Labute approximate surface area is 128 Å². The zero-order valence-electron chi connectivity index (χ0n) is 12.3. The van der Waals surface area contributed by atoms with E-state index in [0.717, 1.165) is 16.5 Å². The minimum absolute atomic E-state index is 0.461. The first kappa shape index (κ1) is 13.2. The maximum absolute atomic E-state index is 5.77. The van der Waals surface area contributed by atoms with E-state index in [1.807, 2.05) is 30.3 Å². The third kappa shape index (κ3) is 2.66. The molecule has 0 unspecified atom stereocenters. The standard InChI is InChI=1S/C17H18N4O/c1-2-6-14(7-3-1)19-17-21-20-16(22-17)13-8-9-15-12(11-13)5-4-10-18-15/h4-5,8-11,14H,1-3,6-7H2,(H,19,21). The van der Waals surface area contributed by atoms with Crippen LogP contribution in [0.2, 0.25) is 0 Å². The largest absolute Gasteiger partial charge is 0.403 e. The van der Waals surface area contributed by atoms with Gasteiger partial charge in [-0.3, -0.25) is 4.98 Å². The van der Waals surface area contributed by atoms with E-state index < -0.39 is 0 Å². The molecule has 1 fully saturated rings. The lowest BCUT2D eigenvalue weighted by atomic mass is 9.96. The van der Waals surface area contributed by atoms with E-state index in [9.17, 15) is 0 Å². The van der Waals surface area contributed by atoms with E-state index in [0.29, 0.717) is 17.9 Å². The summed E-state index contributed by atoms with van der Waals surface area (Å²) in [5, 5.41) is 12.7. The molecule has 5 nitrogen and oxygen atoms in total. The number of anilines is 1. The Balaban J connectivity index is 1.56. The molecule has 5 heteroatoms. The Hall–Kier alpha value is -2.43. The minimum Gasteiger partial charge on any atom is -0.403 e. The predicted octanol–water partition coefficient (Wildman–Crippen LogP) is 4.03. The van der Waals surface area contributed by atoms with Gasteiger partial charge in [-0.05, 0) is 37.1 Å². The van der Waals surface area contributed by atoms with Gasteiger partial charge in [0.15, 0.2) is 0 Å². The quantitative estimate of drug-likeness (QED) is 0.790. The molecule has 4 rings (SSSR count). The van der Waals surface area contributed by atoms with Gasteiger partial charge in [-0.2, -0.15) is 0 Å². The van der Waals surface area contributed by atoms with Crippen LogP contribution in [0.3, 0.4) is 0 Å². The number of aromatic nitrogens is 3. The molecule has 0 aliphatic heterocycles. The van der Waals surface area contributed by atoms with Crippen LogP contribution in [0.4, 0.5) is 6.01 Å². The number of rotatable bonds is 3. The molecule has 0 saturated heterocycles. The van der Waals surface area contributed by atoms with E-state index >= 15 is 0 Å². The number of pyridine rings is 1. The van der Waals surface area contributed by atoms with Crippen molar-refractivity contribution in [2.24, 2.45) is 0 Å². The van der Waals surface area contributed by atoms with Crippen molar-refractivity contribution >= 4 is 16.9 Å². The van der Waals surface area contributed by atoms with Gasteiger partial charge < -0.3 is 9.73 Å². The minimum atomic E-state index is 0.461. The van der Waals surface area contributed by atoms with Crippen LogP contribution in [0.5, 0.6) is 0 Å². The van der Waals surface area contributed by atoms with Gasteiger partial charge in [0.2, 0.25) is 5.89 Å². The van der Waals surface area contributed by atoms with Crippen LogP contribution >= 0.6 is 0 Å². The van der Waals surface area contributed by atoms with Crippen molar-refractivity contribution in [3.8, 4) is 11.5 Å². The molecule has 112 valence electrons. The van der Waals surface area contributed by atoms with Crippen molar-refractivity contribution in [3.63, 3.8) is 0 Å². The van der Waals surface area contributed by atoms with Gasteiger partial charge in [0.25, 0.3) is 0 Å². The van der Waals surface area contributed by atoms with Crippen molar-refractivity contribution in [1.29, 1.82) is 0 Å². The van der Waals surface area contributed by atoms with E-state index in [1.165, 1.54) is 32.1 Å². The van der Waals surface area contributed by atoms with Crippen LogP contribution in [0, 0.1) is 0 Å². The van der Waals surface area contributed by atoms with Gasteiger partial charge in [-0.1, -0.05) is 30.4 Å². The molecule has 1 aliphatic rings. The molecule has 1 saturated carbocycles. The summed E-state index contributed by atoms with van der Waals surface area (Å²) in [4.78, 5) is 4.32. The second-order valence-electron chi connectivity index (χ2n) is 5.80. The molecular formula is C17H18N4O. The van der Waals surface area contributed by atoms with Crippen LogP contribution in [-0.4, -0.2) is 21.2 Å². The highest BCUT2D eigenvalue weighted by Gasteiger charge is 2.16. The van der Waals surface area contributed by atoms with Crippen molar-refractivity contribution in [3.05, 3.63) is 36.5 Å². The van der Waals surface area contributed by atoms with Crippen molar-refractivity contribution in [2.75, 3.05) is 5.32 Å². The molecule has 1 aliphatic carbocycles. The summed E-state index contributed by atoms with van der Waals surface area (Å²) in [6.07, 6.45) is 8.03. The summed E-state index contributed by atoms with van der Waals surface area (Å²) < 4.78 is 5.77. The molecule has 1 aromatic carbocycles. The summed E-state index contributed by atoms with van der Waals surface area (Å²) in [5.41, 5.74) is 1.89. The molecule has 0 radical (unpaired) electrons. The molecule has 0 amide bonds. The highest BCUT2D eigenvalue weighted by atomic mass is 16.4. The summed E-state index contributed by atoms with van der Waals surface area (Å²) in [5.74, 6) is 0.545. The number of nitrogens with one attached hydrogen (secondary N) is 1. The average molecular weight is 294 g/mol. The van der Waals surface area contributed by atoms with Crippen LogP contribution in [0.25, 0.3) is 22.4 Å². The third-order valence-corrected chi connectivity index (χ3v) is 4.21. The van der Waals surface area contributed by atoms with E-state index in [2.05, 4.69) is 20.5 Å². The Morgan fingerprint density at radius 3 is 2.86 bits per heavy atom. The van der Waals surface area contributed by atoms with Crippen LogP contribution in [0.15, 0.2) is 40.9 Å². The number of benzene rings is 1. The van der Waals surface area contributed by atoms with Crippen molar-refractivity contribution in [2.45, 2.75) is 38.1 Å². The molecule has 2 aromatic heterocycles. The number of fused-ring (bicyclic) bond motifs is 1. The Morgan fingerprint density at radius 2 is 1.95 bits per heavy atom. The fourth-order valence-electron chi connectivity index (χ4n) is 3.03. The van der Waals surface area contributed by atoms with Gasteiger partial charge in [-0.25, -0.2) is 0 Å². The first-order valence-electron chi connectivity index (χ1n) is 7.84. The Morgan fingerprint density at radius 1 is 1.05 bits per heavy atom. The first-order valence-corrected chi connectivity index (χ1v) is 7.84. The first-order chi connectivity index (χ1) is 10.9. The number of hydrogen-bond donors (Lipinski definition) is 1. The van der Waals surface area contributed by atoms with Crippen LogP contribution in [-0.2, 0) is 0 Å². The SMILES string of the molecule is c1cnc2ccc(-c3nnc(NC4CCCCC4)o3)cc2c1. The van der Waals surface area contributed by atoms with Crippen molar-refractivity contribution in [1.82, 2.24) is 15.2 Å². The molecule has 0 spiro atoms. The van der Waals surface area contributed by atoms with Gasteiger partial charge in [-0.15, -0.1) is 5.10 Å². The normalized spacial score (nSPS) is 16.0. The Kier molecular flexibility index (Phi) is 3.46. The zero-order valence-corrected chi connectivity index (χ0v) is 12.3. The lowest BCUT2D eigenvalue weighted by Gasteiger charge is -2.21. The molecular weight excluding hydrogens is 276 g/mol. The molecule has 1 N–H and O–H groups in total. The maximum atomic E-state index is 5.77. The van der Waals surface area contributed by atoms with Crippen LogP contribution < -0.4 is 5.32 Å². The maximum Gasteiger partial charge on any atom is 0.315 e. The van der Waals surface area contributed by atoms with E-state index in [4.69, 9.17) is 4.42 Å². The summed E-state index contributed by atoms with van der Waals surface area (Å²) in [7, 11) is 0. The fraction of sp³-hybridized carbons (Fsp3) is 0.353. The number of nitrogens with zero attached hydrogens (tertiary/aromatic N) is 3. The van der Waals surface area contributed by atoms with Gasteiger partial charge in [0.1, 0.15) is 0 Å². The topological polar surface area (TPSA) is 63.8 Å². The summed E-state index contributed by atoms with van der Waals surface area (Å²) >= 11 is 0.